The molecule has 20 heavy (non-hydrogen) atoms. The van der Waals surface area contributed by atoms with E-state index in [0.717, 1.165) is 6.07 Å². The third-order valence-electron chi connectivity index (χ3n) is 2.27. The molecule has 5 nitrogen and oxygen atoms in total. The number of nitrogens with zero attached hydrogens (tertiary/aromatic N) is 3. The van der Waals surface area contributed by atoms with E-state index in [2.05, 4.69) is 15.0 Å². The van der Waals surface area contributed by atoms with Crippen molar-refractivity contribution in [1.29, 1.82) is 0 Å². The number of rotatable bonds is 3. The molecule has 0 saturated heterocycles. The third kappa shape index (κ3) is 3.58. The smallest absolute Gasteiger partial charge is 0.306 e. The van der Waals surface area contributed by atoms with E-state index in [1.807, 2.05) is 0 Å². The summed E-state index contributed by atoms with van der Waals surface area (Å²) < 4.78 is 57.7. The van der Waals surface area contributed by atoms with Crippen LogP contribution in [-0.4, -0.2) is 23.7 Å². The van der Waals surface area contributed by atoms with Gasteiger partial charge in [0.25, 0.3) is 0 Å². The Balaban J connectivity index is 2.54. The highest BCUT2D eigenvalue weighted by Crippen LogP contribution is 2.30. The average Bonchev–Trinajstić information content (AvgIpc) is 2.37. The summed E-state index contributed by atoms with van der Waals surface area (Å²) in [6, 6.07) is 3.87. The number of hydrogen-bond acceptors (Lipinski definition) is 4. The van der Waals surface area contributed by atoms with Gasteiger partial charge in [0, 0.05) is 18.0 Å². The van der Waals surface area contributed by atoms with E-state index in [1.54, 1.807) is 6.07 Å². The molecule has 106 valence electrons. The van der Waals surface area contributed by atoms with Gasteiger partial charge in [0.15, 0.2) is 11.1 Å². The normalized spacial score (nSPS) is 13.2. The molecule has 9 heteroatoms. The second-order valence-electron chi connectivity index (χ2n) is 3.76. The molecule has 0 amide bonds. The van der Waals surface area contributed by atoms with Gasteiger partial charge >= 0.3 is 6.18 Å². The second kappa shape index (κ2) is 5.63. The minimum absolute atomic E-state index is 0.000810. The van der Waals surface area contributed by atoms with Crippen molar-refractivity contribution in [3.05, 3.63) is 42.1 Å². The summed E-state index contributed by atoms with van der Waals surface area (Å²) in [5, 5.41) is 0. The number of halogens is 3. The average molecular weight is 303 g/mol. The first kappa shape index (κ1) is 14.5. The second-order valence-corrected chi connectivity index (χ2v) is 4.69. The van der Waals surface area contributed by atoms with Crippen molar-refractivity contribution in [1.82, 2.24) is 15.0 Å². The van der Waals surface area contributed by atoms with E-state index in [4.69, 9.17) is 4.55 Å². The zero-order valence-corrected chi connectivity index (χ0v) is 10.6. The fourth-order valence-electron chi connectivity index (χ4n) is 1.48. The van der Waals surface area contributed by atoms with Crippen LogP contribution in [0.25, 0.3) is 11.3 Å². The molecule has 0 radical (unpaired) electrons. The van der Waals surface area contributed by atoms with Crippen molar-refractivity contribution in [2.24, 2.45) is 0 Å². The summed E-state index contributed by atoms with van der Waals surface area (Å²) in [6.45, 7) is 0. The van der Waals surface area contributed by atoms with Crippen molar-refractivity contribution in [2.75, 3.05) is 0 Å². The fourth-order valence-corrected chi connectivity index (χ4v) is 1.83. The summed E-state index contributed by atoms with van der Waals surface area (Å²) in [4.78, 5) is 10.9. The molecular formula is C11H8F3N3O2S. The lowest BCUT2D eigenvalue weighted by molar-refractivity contribution is -0.141. The zero-order valence-electron chi connectivity index (χ0n) is 9.83. The van der Waals surface area contributed by atoms with Crippen molar-refractivity contribution in [3.8, 4) is 11.3 Å². The van der Waals surface area contributed by atoms with Crippen molar-refractivity contribution in [2.45, 2.75) is 11.9 Å². The molecule has 0 aliphatic heterocycles. The highest BCUT2D eigenvalue weighted by molar-refractivity contribution is 7.78. The molecule has 1 atom stereocenters. The Labute approximate surface area is 114 Å². The quantitative estimate of drug-likeness (QED) is 0.880. The van der Waals surface area contributed by atoms with Crippen LogP contribution in [0.1, 0.15) is 11.5 Å². The number of pyridine rings is 1. The molecule has 2 heterocycles. The highest BCUT2D eigenvalue weighted by atomic mass is 32.2. The number of aromatic nitrogens is 3. The Morgan fingerprint density at radius 3 is 2.60 bits per heavy atom. The Hall–Kier alpha value is -1.87. The van der Waals surface area contributed by atoms with Gasteiger partial charge in [-0.05, 0) is 18.2 Å². The van der Waals surface area contributed by atoms with E-state index in [-0.39, 0.29) is 11.5 Å². The van der Waals surface area contributed by atoms with Gasteiger partial charge in [0.05, 0.1) is 5.69 Å². The summed E-state index contributed by atoms with van der Waals surface area (Å²) in [5.74, 6) is -0.920. The molecule has 0 aliphatic rings. The van der Waals surface area contributed by atoms with Crippen LogP contribution in [-0.2, 0) is 23.0 Å². The Morgan fingerprint density at radius 1 is 1.30 bits per heavy atom. The van der Waals surface area contributed by atoms with Crippen LogP contribution in [0.2, 0.25) is 0 Å². The molecule has 0 fully saturated rings. The van der Waals surface area contributed by atoms with E-state index in [0.29, 0.717) is 5.56 Å². The predicted octanol–water partition coefficient (Wildman–Crippen LogP) is 2.28. The summed E-state index contributed by atoms with van der Waals surface area (Å²) in [6.07, 6.45) is -1.84. The standard InChI is InChI=1S/C11H8F3N3O2S/c12-11(13,14)9-4-8(7-2-1-3-15-5-7)16-10(17-9)6-20(18)19/h1-5H,6H2,(H,18,19). The molecule has 2 aromatic heterocycles. The lowest BCUT2D eigenvalue weighted by Gasteiger charge is -2.09. The topological polar surface area (TPSA) is 76.0 Å². The summed E-state index contributed by atoms with van der Waals surface area (Å²) in [5.41, 5.74) is -0.793. The molecule has 0 spiro atoms. The Bertz CT molecular complexity index is 635. The maximum absolute atomic E-state index is 12.8. The van der Waals surface area contributed by atoms with Crippen LogP contribution < -0.4 is 0 Å². The van der Waals surface area contributed by atoms with Gasteiger partial charge in [-0.1, -0.05) is 0 Å². The van der Waals surface area contributed by atoms with Crippen LogP contribution in [0.5, 0.6) is 0 Å². The van der Waals surface area contributed by atoms with Gasteiger partial charge in [-0.2, -0.15) is 13.2 Å². The summed E-state index contributed by atoms with van der Waals surface area (Å²) >= 11 is -2.32. The minimum Gasteiger partial charge on any atom is -0.306 e. The first-order valence-corrected chi connectivity index (χ1v) is 6.57. The Kier molecular flexibility index (Phi) is 4.09. The van der Waals surface area contributed by atoms with Gasteiger partial charge < -0.3 is 4.55 Å². The van der Waals surface area contributed by atoms with Crippen LogP contribution in [0.3, 0.4) is 0 Å². The van der Waals surface area contributed by atoms with Gasteiger partial charge in [0.2, 0.25) is 0 Å². The van der Waals surface area contributed by atoms with Crippen LogP contribution in [0.15, 0.2) is 30.6 Å². The van der Waals surface area contributed by atoms with Crippen LogP contribution in [0.4, 0.5) is 13.2 Å². The van der Waals surface area contributed by atoms with Gasteiger partial charge in [-0.3, -0.25) is 4.98 Å². The van der Waals surface area contributed by atoms with Crippen molar-refractivity contribution >= 4 is 11.1 Å². The molecule has 0 aliphatic carbocycles. The van der Waals surface area contributed by atoms with Crippen LogP contribution in [0, 0.1) is 0 Å². The first-order chi connectivity index (χ1) is 9.36. The Morgan fingerprint density at radius 2 is 2.05 bits per heavy atom. The molecule has 1 unspecified atom stereocenters. The number of alkyl halides is 3. The summed E-state index contributed by atoms with van der Waals surface area (Å²) in [7, 11) is 0. The molecule has 2 rings (SSSR count). The van der Waals surface area contributed by atoms with E-state index in [1.165, 1.54) is 18.5 Å². The number of hydrogen-bond donors (Lipinski definition) is 1. The largest absolute Gasteiger partial charge is 0.433 e. The maximum atomic E-state index is 12.8. The lowest BCUT2D eigenvalue weighted by Crippen LogP contribution is -2.12. The van der Waals surface area contributed by atoms with Gasteiger partial charge in [0.1, 0.15) is 17.3 Å². The van der Waals surface area contributed by atoms with E-state index in [9.17, 15) is 17.4 Å². The van der Waals surface area contributed by atoms with Gasteiger partial charge in [-0.25, -0.2) is 14.2 Å². The zero-order chi connectivity index (χ0) is 14.8. The highest BCUT2D eigenvalue weighted by Gasteiger charge is 2.33. The lowest BCUT2D eigenvalue weighted by atomic mass is 10.2. The third-order valence-corrected chi connectivity index (χ3v) is 2.78. The van der Waals surface area contributed by atoms with E-state index < -0.39 is 28.7 Å². The van der Waals surface area contributed by atoms with Crippen molar-refractivity contribution in [3.63, 3.8) is 0 Å². The monoisotopic (exact) mass is 303 g/mol. The molecule has 0 aromatic carbocycles. The van der Waals surface area contributed by atoms with Gasteiger partial charge in [-0.15, -0.1) is 0 Å². The van der Waals surface area contributed by atoms with Crippen LogP contribution >= 0.6 is 0 Å². The minimum atomic E-state index is -4.66. The van der Waals surface area contributed by atoms with E-state index >= 15 is 0 Å². The predicted molar refractivity (Wildman–Crippen MR) is 64.7 cm³/mol. The maximum Gasteiger partial charge on any atom is 0.433 e. The SMILES string of the molecule is O=S(O)Cc1nc(-c2cccnc2)cc(C(F)(F)F)n1. The molecular weight excluding hydrogens is 295 g/mol. The first-order valence-electron chi connectivity index (χ1n) is 5.29. The molecule has 2 aromatic rings. The molecule has 0 saturated carbocycles. The fraction of sp³-hybridized carbons (Fsp3) is 0.182. The molecule has 1 N–H and O–H groups in total. The van der Waals surface area contributed by atoms with Crippen molar-refractivity contribution < 1.29 is 21.9 Å². The molecule has 0 bridgehead atoms.